The monoisotopic (exact) mass is 344 g/mol. The minimum absolute atomic E-state index is 0.282. The maximum atomic E-state index is 12.7. The van der Waals surface area contributed by atoms with Crippen molar-refractivity contribution < 1.29 is 18.0 Å². The van der Waals surface area contributed by atoms with Gasteiger partial charge in [-0.25, -0.2) is 0 Å². The number of carbonyl (C=O) groups is 1. The first-order chi connectivity index (χ1) is 10.7. The number of carbonyl (C=O) groups excluding carboxylic acids is 1. The number of alkyl halides is 3. The molecule has 1 aromatic heterocycles. The van der Waals surface area contributed by atoms with Crippen molar-refractivity contribution in [2.24, 2.45) is 0 Å². The fraction of sp³-hybridized carbons (Fsp3) is 0.200. The van der Waals surface area contributed by atoms with Gasteiger partial charge in [-0.05, 0) is 25.1 Å². The molecule has 0 radical (unpaired) electrons. The summed E-state index contributed by atoms with van der Waals surface area (Å²) in [5.74, 6) is -0.653. The summed E-state index contributed by atoms with van der Waals surface area (Å²) in [6, 6.07) is 6.72. The molecule has 0 aliphatic heterocycles. The quantitative estimate of drug-likeness (QED) is 0.922. The van der Waals surface area contributed by atoms with E-state index in [-0.39, 0.29) is 5.02 Å². The summed E-state index contributed by atoms with van der Waals surface area (Å²) < 4.78 is 38.9. The van der Waals surface area contributed by atoms with E-state index in [1.807, 2.05) is 0 Å². The summed E-state index contributed by atoms with van der Waals surface area (Å²) in [6.45, 7) is 1.33. The van der Waals surface area contributed by atoms with Crippen LogP contribution in [0.1, 0.15) is 18.5 Å². The van der Waals surface area contributed by atoms with Gasteiger partial charge in [-0.2, -0.15) is 13.2 Å². The Balaban J connectivity index is 2.29. The number of rotatable bonds is 3. The number of anilines is 1. The van der Waals surface area contributed by atoms with E-state index in [0.29, 0.717) is 18.0 Å². The predicted octanol–water partition coefficient (Wildman–Crippen LogP) is 3.72. The number of para-hydroxylation sites is 1. The number of amides is 1. The SMILES string of the molecule is CC(C(=O)Nc1ccccc1Cl)n1cc(C(F)(F)F)ccc1=O. The normalized spacial score (nSPS) is 12.7. The maximum Gasteiger partial charge on any atom is 0.417 e. The zero-order valence-electron chi connectivity index (χ0n) is 11.9. The maximum absolute atomic E-state index is 12.7. The zero-order valence-corrected chi connectivity index (χ0v) is 12.7. The molecule has 0 aliphatic rings. The van der Waals surface area contributed by atoms with E-state index >= 15 is 0 Å². The highest BCUT2D eigenvalue weighted by atomic mass is 35.5. The molecule has 1 amide bonds. The molecule has 2 aromatic rings. The van der Waals surface area contributed by atoms with Crippen LogP contribution in [0.4, 0.5) is 18.9 Å². The molecule has 122 valence electrons. The first kappa shape index (κ1) is 17.1. The average molecular weight is 345 g/mol. The van der Waals surface area contributed by atoms with Gasteiger partial charge in [0.05, 0.1) is 16.3 Å². The Labute approximate surface area is 134 Å². The van der Waals surface area contributed by atoms with Crippen LogP contribution >= 0.6 is 11.6 Å². The van der Waals surface area contributed by atoms with Crippen molar-refractivity contribution in [1.82, 2.24) is 4.57 Å². The van der Waals surface area contributed by atoms with E-state index in [1.165, 1.54) is 6.92 Å². The Morgan fingerprint density at radius 1 is 1.22 bits per heavy atom. The number of benzene rings is 1. The van der Waals surface area contributed by atoms with Gasteiger partial charge in [0.15, 0.2) is 0 Å². The molecule has 2 rings (SSSR count). The predicted molar refractivity (Wildman–Crippen MR) is 80.5 cm³/mol. The lowest BCUT2D eigenvalue weighted by atomic mass is 10.2. The van der Waals surface area contributed by atoms with Gasteiger partial charge >= 0.3 is 6.18 Å². The molecule has 1 N–H and O–H groups in total. The van der Waals surface area contributed by atoms with Crippen LogP contribution in [0.15, 0.2) is 47.4 Å². The largest absolute Gasteiger partial charge is 0.417 e. The lowest BCUT2D eigenvalue weighted by Gasteiger charge is -2.17. The van der Waals surface area contributed by atoms with Crippen LogP contribution in [-0.2, 0) is 11.0 Å². The smallest absolute Gasteiger partial charge is 0.323 e. The van der Waals surface area contributed by atoms with Gasteiger partial charge in [-0.3, -0.25) is 9.59 Å². The zero-order chi connectivity index (χ0) is 17.2. The third-order valence-electron chi connectivity index (χ3n) is 3.19. The second-order valence-electron chi connectivity index (χ2n) is 4.81. The molecule has 0 spiro atoms. The number of hydrogen-bond acceptors (Lipinski definition) is 2. The van der Waals surface area contributed by atoms with Crippen LogP contribution in [0.3, 0.4) is 0 Å². The standard InChI is InChI=1S/C15H12ClF3N2O2/c1-9(14(23)20-12-5-3-2-4-11(12)16)21-8-10(15(17,18)19)6-7-13(21)22/h2-9H,1H3,(H,20,23). The van der Waals surface area contributed by atoms with Crippen molar-refractivity contribution in [2.45, 2.75) is 19.1 Å². The molecule has 23 heavy (non-hydrogen) atoms. The molecule has 1 unspecified atom stereocenters. The molecule has 0 aliphatic carbocycles. The summed E-state index contributed by atoms with van der Waals surface area (Å²) in [5, 5.41) is 2.76. The molecule has 1 heterocycles. The molecule has 4 nitrogen and oxygen atoms in total. The summed E-state index contributed by atoms with van der Waals surface area (Å²) >= 11 is 5.90. The molecular formula is C15H12ClF3N2O2. The summed E-state index contributed by atoms with van der Waals surface area (Å²) in [4.78, 5) is 23.9. The van der Waals surface area contributed by atoms with Crippen molar-refractivity contribution in [2.75, 3.05) is 5.32 Å². The van der Waals surface area contributed by atoms with Gasteiger partial charge in [0.1, 0.15) is 6.04 Å². The molecule has 8 heteroatoms. The van der Waals surface area contributed by atoms with Crippen molar-refractivity contribution in [3.8, 4) is 0 Å². The number of nitrogens with zero attached hydrogens (tertiary/aromatic N) is 1. The molecule has 1 aromatic carbocycles. The second kappa shape index (κ2) is 6.45. The highest BCUT2D eigenvalue weighted by Gasteiger charge is 2.32. The van der Waals surface area contributed by atoms with Gasteiger partial charge in [0.25, 0.3) is 5.56 Å². The summed E-state index contributed by atoms with van der Waals surface area (Å²) in [5.41, 5.74) is -1.40. The molecule has 0 saturated carbocycles. The first-order valence-electron chi connectivity index (χ1n) is 6.55. The van der Waals surface area contributed by atoms with Gasteiger partial charge in [-0.15, -0.1) is 0 Å². The lowest BCUT2D eigenvalue weighted by Crippen LogP contribution is -2.32. The first-order valence-corrected chi connectivity index (χ1v) is 6.92. The third kappa shape index (κ3) is 3.92. The number of halogens is 4. The molecule has 1 atom stereocenters. The van der Waals surface area contributed by atoms with Gasteiger partial charge < -0.3 is 9.88 Å². The Kier molecular flexibility index (Phi) is 4.79. The van der Waals surface area contributed by atoms with Crippen molar-refractivity contribution >= 4 is 23.2 Å². The lowest BCUT2D eigenvalue weighted by molar-refractivity contribution is -0.138. The number of pyridine rings is 1. The van der Waals surface area contributed by atoms with E-state index in [0.717, 1.165) is 10.6 Å². The van der Waals surface area contributed by atoms with E-state index < -0.39 is 29.2 Å². The third-order valence-corrected chi connectivity index (χ3v) is 3.52. The fourth-order valence-electron chi connectivity index (χ4n) is 1.90. The minimum Gasteiger partial charge on any atom is -0.323 e. The van der Waals surface area contributed by atoms with Crippen molar-refractivity contribution in [3.63, 3.8) is 0 Å². The highest BCUT2D eigenvalue weighted by molar-refractivity contribution is 6.33. The van der Waals surface area contributed by atoms with Crippen molar-refractivity contribution in [1.29, 1.82) is 0 Å². The molecule has 0 saturated heterocycles. The van der Waals surface area contributed by atoms with Crippen molar-refractivity contribution in [3.05, 3.63) is 63.5 Å². The fourth-order valence-corrected chi connectivity index (χ4v) is 2.08. The van der Waals surface area contributed by atoms with Gasteiger partial charge in [0, 0.05) is 12.3 Å². The minimum atomic E-state index is -4.60. The average Bonchev–Trinajstić information content (AvgIpc) is 2.48. The van der Waals surface area contributed by atoms with Crippen LogP contribution in [0.25, 0.3) is 0 Å². The Morgan fingerprint density at radius 2 is 1.87 bits per heavy atom. The van der Waals surface area contributed by atoms with Gasteiger partial charge in [0.2, 0.25) is 5.91 Å². The number of aromatic nitrogens is 1. The number of hydrogen-bond donors (Lipinski definition) is 1. The topological polar surface area (TPSA) is 51.1 Å². The molecule has 0 fully saturated rings. The summed E-state index contributed by atoms with van der Waals surface area (Å²) in [6.07, 6.45) is -3.98. The van der Waals surface area contributed by atoms with E-state index in [2.05, 4.69) is 5.32 Å². The number of nitrogens with one attached hydrogen (secondary N) is 1. The van der Waals surface area contributed by atoms with Crippen LogP contribution in [-0.4, -0.2) is 10.5 Å². The van der Waals surface area contributed by atoms with Crippen LogP contribution < -0.4 is 10.9 Å². The Morgan fingerprint density at radius 3 is 2.48 bits per heavy atom. The van der Waals surface area contributed by atoms with E-state index in [9.17, 15) is 22.8 Å². The van der Waals surface area contributed by atoms with E-state index in [1.54, 1.807) is 24.3 Å². The van der Waals surface area contributed by atoms with Crippen LogP contribution in [0, 0.1) is 0 Å². The van der Waals surface area contributed by atoms with Gasteiger partial charge in [-0.1, -0.05) is 23.7 Å². The van der Waals surface area contributed by atoms with E-state index in [4.69, 9.17) is 11.6 Å². The second-order valence-corrected chi connectivity index (χ2v) is 5.21. The van der Waals surface area contributed by atoms with Crippen LogP contribution in [0.5, 0.6) is 0 Å². The highest BCUT2D eigenvalue weighted by Crippen LogP contribution is 2.28. The Hall–Kier alpha value is -2.28. The molecule has 0 bridgehead atoms. The van der Waals surface area contributed by atoms with Crippen LogP contribution in [0.2, 0.25) is 5.02 Å². The Bertz CT molecular complexity index is 787. The summed E-state index contributed by atoms with van der Waals surface area (Å²) in [7, 11) is 0. The molecular weight excluding hydrogens is 333 g/mol.